The van der Waals surface area contributed by atoms with Gasteiger partial charge in [-0.2, -0.15) is 0 Å². The van der Waals surface area contributed by atoms with Crippen LogP contribution in [0.4, 0.5) is 10.7 Å². The summed E-state index contributed by atoms with van der Waals surface area (Å²) in [5.74, 6) is -1.02. The van der Waals surface area contributed by atoms with Crippen LogP contribution in [0.25, 0.3) is 0 Å². The number of ether oxygens (including phenoxy) is 1. The maximum Gasteiger partial charge on any atom is 0.404 e. The van der Waals surface area contributed by atoms with Crippen LogP contribution in [0, 0.1) is 0 Å². The number of hydrogen-bond acceptors (Lipinski definition) is 7. The minimum absolute atomic E-state index is 0.0121. The topological polar surface area (TPSA) is 146 Å². The lowest BCUT2D eigenvalue weighted by molar-refractivity contribution is -0.133. The van der Waals surface area contributed by atoms with Crippen LogP contribution >= 0.6 is 11.8 Å². The summed E-state index contributed by atoms with van der Waals surface area (Å²) in [4.78, 5) is 20.8. The molecule has 0 aliphatic rings. The van der Waals surface area contributed by atoms with Gasteiger partial charge in [0.1, 0.15) is 6.61 Å². The number of nitrogens with two attached hydrogens (primary N) is 2. The molecule has 0 bridgehead atoms. The number of hydrogen-bond donors (Lipinski definition) is 3. The lowest BCUT2D eigenvalue weighted by Gasteiger charge is -2.06. The molecule has 0 radical (unpaired) electrons. The number of carbonyl (C=O) groups excluding carboxylic acids is 1. The molecule has 0 saturated carbocycles. The van der Waals surface area contributed by atoms with E-state index in [4.69, 9.17) is 16.6 Å². The molecule has 5 N–H and O–H groups in total. The largest absolute Gasteiger partial charge is 0.481 e. The van der Waals surface area contributed by atoms with Crippen molar-refractivity contribution in [1.82, 2.24) is 14.8 Å². The van der Waals surface area contributed by atoms with Gasteiger partial charge in [0.05, 0.1) is 12.3 Å². The fraction of sp³-hybridized carbons (Fsp3) is 0.429. The Bertz CT molecular complexity index is 420. The van der Waals surface area contributed by atoms with Crippen molar-refractivity contribution in [3.05, 3.63) is 0 Å². The van der Waals surface area contributed by atoms with Crippen LogP contribution < -0.4 is 11.5 Å². The van der Waals surface area contributed by atoms with Gasteiger partial charge in [-0.05, 0) is 0 Å². The first-order chi connectivity index (χ1) is 8.00. The van der Waals surface area contributed by atoms with E-state index in [0.29, 0.717) is 5.16 Å². The summed E-state index contributed by atoms with van der Waals surface area (Å²) in [6.45, 7) is 0.224. The zero-order valence-electron chi connectivity index (χ0n) is 8.70. The summed E-state index contributed by atoms with van der Waals surface area (Å²) in [7, 11) is 0. The van der Waals surface area contributed by atoms with E-state index in [1.165, 1.54) is 4.57 Å². The van der Waals surface area contributed by atoms with Gasteiger partial charge in [-0.3, -0.25) is 9.36 Å². The van der Waals surface area contributed by atoms with Crippen LogP contribution in [-0.4, -0.2) is 44.3 Å². The van der Waals surface area contributed by atoms with E-state index in [0.717, 1.165) is 11.8 Å². The van der Waals surface area contributed by atoms with Crippen molar-refractivity contribution in [3.63, 3.8) is 0 Å². The van der Waals surface area contributed by atoms with Gasteiger partial charge >= 0.3 is 12.1 Å². The highest BCUT2D eigenvalue weighted by Gasteiger charge is 2.11. The first-order valence-corrected chi connectivity index (χ1v) is 5.44. The van der Waals surface area contributed by atoms with Crippen molar-refractivity contribution in [2.75, 3.05) is 18.1 Å². The molecule has 0 fully saturated rings. The van der Waals surface area contributed by atoms with Gasteiger partial charge < -0.3 is 21.3 Å². The Morgan fingerprint density at radius 1 is 1.47 bits per heavy atom. The molecule has 0 aliphatic heterocycles. The normalized spacial score (nSPS) is 10.1. The SMILES string of the molecule is NC(=O)OCCn1c(N)nnc1SCC(=O)O. The lowest BCUT2D eigenvalue weighted by atomic mass is 10.6. The number of rotatable bonds is 6. The number of carbonyl (C=O) groups is 2. The lowest BCUT2D eigenvalue weighted by Crippen LogP contribution is -2.18. The number of aliphatic carboxylic acids is 1. The fourth-order valence-electron chi connectivity index (χ4n) is 0.981. The Kier molecular flexibility index (Phi) is 4.57. The van der Waals surface area contributed by atoms with Crippen molar-refractivity contribution < 1.29 is 19.4 Å². The van der Waals surface area contributed by atoms with Gasteiger partial charge in [-0.25, -0.2) is 4.79 Å². The Balaban J connectivity index is 2.59. The summed E-state index contributed by atoms with van der Waals surface area (Å²) in [6, 6.07) is 0. The Labute approximate surface area is 100 Å². The molecular weight excluding hydrogens is 250 g/mol. The van der Waals surface area contributed by atoms with Crippen LogP contribution in [0.15, 0.2) is 5.16 Å². The monoisotopic (exact) mass is 261 g/mol. The second kappa shape index (κ2) is 5.94. The quantitative estimate of drug-likeness (QED) is 0.560. The summed E-state index contributed by atoms with van der Waals surface area (Å²) < 4.78 is 5.97. The molecule has 0 spiro atoms. The first-order valence-electron chi connectivity index (χ1n) is 4.46. The second-order valence-corrected chi connectivity index (χ2v) is 3.78. The van der Waals surface area contributed by atoms with Crippen molar-refractivity contribution in [2.24, 2.45) is 5.73 Å². The molecule has 9 nitrogen and oxygen atoms in total. The molecule has 1 heterocycles. The smallest absolute Gasteiger partial charge is 0.404 e. The zero-order chi connectivity index (χ0) is 12.8. The Morgan fingerprint density at radius 2 is 2.18 bits per heavy atom. The molecule has 0 saturated heterocycles. The van der Waals surface area contributed by atoms with E-state index in [1.807, 2.05) is 0 Å². The van der Waals surface area contributed by atoms with Gasteiger partial charge in [-0.15, -0.1) is 10.2 Å². The van der Waals surface area contributed by atoms with Gasteiger partial charge in [-0.1, -0.05) is 11.8 Å². The number of carboxylic acid groups (broad SMARTS) is 1. The molecule has 17 heavy (non-hydrogen) atoms. The predicted octanol–water partition coefficient (Wildman–Crippen LogP) is -0.868. The summed E-state index contributed by atoms with van der Waals surface area (Å²) in [5.41, 5.74) is 10.3. The van der Waals surface area contributed by atoms with Crippen LogP contribution in [0.5, 0.6) is 0 Å². The molecule has 0 atom stereocenters. The third-order valence-corrected chi connectivity index (χ3v) is 2.58. The number of anilines is 1. The molecule has 1 amide bonds. The Morgan fingerprint density at radius 3 is 2.76 bits per heavy atom. The summed E-state index contributed by atoms with van der Waals surface area (Å²) in [5, 5.41) is 16.2. The molecule has 1 aromatic heterocycles. The van der Waals surface area contributed by atoms with E-state index in [9.17, 15) is 9.59 Å². The third kappa shape index (κ3) is 4.18. The number of carboxylic acids is 1. The average Bonchev–Trinajstić information content (AvgIpc) is 2.57. The number of nitrogens with zero attached hydrogens (tertiary/aromatic N) is 3. The molecular formula is C7H11N5O4S. The van der Waals surface area contributed by atoms with E-state index < -0.39 is 12.1 Å². The number of nitrogen functional groups attached to an aromatic ring is 1. The van der Waals surface area contributed by atoms with Gasteiger partial charge in [0.15, 0.2) is 5.16 Å². The van der Waals surface area contributed by atoms with Crippen molar-refractivity contribution in [3.8, 4) is 0 Å². The Hall–Kier alpha value is -1.97. The van der Waals surface area contributed by atoms with Crippen molar-refractivity contribution in [1.29, 1.82) is 0 Å². The predicted molar refractivity (Wildman–Crippen MR) is 58.3 cm³/mol. The van der Waals surface area contributed by atoms with Crippen LogP contribution in [-0.2, 0) is 16.1 Å². The van der Waals surface area contributed by atoms with Gasteiger partial charge in [0.25, 0.3) is 0 Å². The first kappa shape index (κ1) is 13.1. The zero-order valence-corrected chi connectivity index (χ0v) is 9.51. The van der Waals surface area contributed by atoms with Crippen LogP contribution in [0.2, 0.25) is 0 Å². The summed E-state index contributed by atoms with van der Waals surface area (Å²) >= 11 is 0.973. The average molecular weight is 261 g/mol. The molecule has 0 unspecified atom stereocenters. The highest BCUT2D eigenvalue weighted by atomic mass is 32.2. The standard InChI is InChI=1S/C7H11N5O4S/c8-5-10-11-7(17-3-4(13)14)12(5)1-2-16-6(9)15/h1-3H2,(H2,8,10)(H2,9,15)(H,13,14). The van der Waals surface area contributed by atoms with E-state index in [1.54, 1.807) is 0 Å². The van der Waals surface area contributed by atoms with Crippen LogP contribution in [0.1, 0.15) is 0 Å². The molecule has 10 heteroatoms. The van der Waals surface area contributed by atoms with Crippen LogP contribution in [0.3, 0.4) is 0 Å². The van der Waals surface area contributed by atoms with E-state index in [-0.39, 0.29) is 24.9 Å². The highest BCUT2D eigenvalue weighted by Crippen LogP contribution is 2.17. The molecule has 1 aromatic rings. The maximum absolute atomic E-state index is 10.4. The maximum atomic E-state index is 10.4. The minimum Gasteiger partial charge on any atom is -0.481 e. The van der Waals surface area contributed by atoms with E-state index in [2.05, 4.69) is 14.9 Å². The summed E-state index contributed by atoms with van der Waals surface area (Å²) in [6.07, 6.45) is -0.892. The number of thioether (sulfide) groups is 1. The third-order valence-electron chi connectivity index (χ3n) is 1.63. The fourth-order valence-corrected chi connectivity index (χ4v) is 1.67. The molecule has 0 aliphatic carbocycles. The number of amides is 1. The second-order valence-electron chi connectivity index (χ2n) is 2.84. The van der Waals surface area contributed by atoms with Crippen molar-refractivity contribution >= 4 is 29.8 Å². The molecule has 94 valence electrons. The van der Waals surface area contributed by atoms with Gasteiger partial charge in [0, 0.05) is 0 Å². The molecule has 1 rings (SSSR count). The minimum atomic E-state index is -0.975. The molecule has 0 aromatic carbocycles. The highest BCUT2D eigenvalue weighted by molar-refractivity contribution is 7.99. The van der Waals surface area contributed by atoms with E-state index >= 15 is 0 Å². The van der Waals surface area contributed by atoms with Crippen molar-refractivity contribution in [2.45, 2.75) is 11.7 Å². The number of aromatic nitrogens is 3. The number of primary amides is 1. The van der Waals surface area contributed by atoms with Gasteiger partial charge in [0.2, 0.25) is 5.95 Å².